The van der Waals surface area contributed by atoms with Crippen molar-refractivity contribution < 1.29 is 8.78 Å². The third-order valence-corrected chi connectivity index (χ3v) is 3.30. The highest BCUT2D eigenvalue weighted by atomic mass is 35.5. The van der Waals surface area contributed by atoms with Gasteiger partial charge < -0.3 is 0 Å². The average Bonchev–Trinajstić information content (AvgIpc) is 2.71. The number of halogens is 3. The van der Waals surface area contributed by atoms with Crippen molar-refractivity contribution in [3.63, 3.8) is 0 Å². The predicted molar refractivity (Wildman–Crippen MR) is 58.6 cm³/mol. The van der Waals surface area contributed by atoms with Gasteiger partial charge >= 0.3 is 0 Å². The lowest BCUT2D eigenvalue weighted by molar-refractivity contribution is 0.507. The zero-order valence-corrected chi connectivity index (χ0v) is 9.66. The summed E-state index contributed by atoms with van der Waals surface area (Å²) in [5.74, 6) is -1.38. The molecule has 2 rings (SSSR count). The molecule has 0 radical (unpaired) electrons. The van der Waals surface area contributed by atoms with Crippen LogP contribution in [-0.4, -0.2) is 10.2 Å². The first kappa shape index (κ1) is 11.4. The van der Waals surface area contributed by atoms with Crippen molar-refractivity contribution >= 4 is 22.9 Å². The van der Waals surface area contributed by atoms with Crippen LogP contribution < -0.4 is 0 Å². The van der Waals surface area contributed by atoms with Crippen LogP contribution in [0.5, 0.6) is 0 Å². The summed E-state index contributed by atoms with van der Waals surface area (Å²) in [6, 6.07) is 3.80. The number of hydrogen-bond acceptors (Lipinski definition) is 3. The highest BCUT2D eigenvalue weighted by Crippen LogP contribution is 2.17. The van der Waals surface area contributed by atoms with Crippen LogP contribution >= 0.6 is 22.9 Å². The van der Waals surface area contributed by atoms with Gasteiger partial charge in [0.1, 0.15) is 10.0 Å². The van der Waals surface area contributed by atoms with E-state index in [9.17, 15) is 8.78 Å². The van der Waals surface area contributed by atoms with Crippen LogP contribution in [0.3, 0.4) is 0 Å². The lowest BCUT2D eigenvalue weighted by Crippen LogP contribution is -1.91. The normalized spacial score (nSPS) is 10.7. The van der Waals surface area contributed by atoms with E-state index in [4.69, 9.17) is 11.6 Å². The second-order valence-electron chi connectivity index (χ2n) is 3.15. The fourth-order valence-electron chi connectivity index (χ4n) is 1.24. The van der Waals surface area contributed by atoms with E-state index >= 15 is 0 Å². The van der Waals surface area contributed by atoms with E-state index in [-0.39, 0.29) is 0 Å². The Morgan fingerprint density at radius 3 is 2.50 bits per heavy atom. The zero-order chi connectivity index (χ0) is 11.5. The number of nitrogens with zero attached hydrogens (tertiary/aromatic N) is 2. The lowest BCUT2D eigenvalue weighted by atomic mass is 10.1. The molecule has 0 aliphatic carbocycles. The van der Waals surface area contributed by atoms with Gasteiger partial charge in [0, 0.05) is 6.42 Å². The highest BCUT2D eigenvalue weighted by Gasteiger charge is 2.07. The van der Waals surface area contributed by atoms with Gasteiger partial charge in [-0.3, -0.25) is 0 Å². The first-order valence-electron chi connectivity index (χ1n) is 4.50. The largest absolute Gasteiger partial charge is 0.204 e. The molecule has 0 fully saturated rings. The third kappa shape index (κ3) is 2.54. The summed E-state index contributed by atoms with van der Waals surface area (Å²) >= 11 is 6.95. The van der Waals surface area contributed by atoms with Crippen molar-refractivity contribution in [2.45, 2.75) is 12.3 Å². The van der Waals surface area contributed by atoms with Crippen LogP contribution in [0.4, 0.5) is 8.78 Å². The number of benzene rings is 1. The molecule has 0 N–H and O–H groups in total. The summed E-state index contributed by atoms with van der Waals surface area (Å²) in [7, 11) is 0. The smallest absolute Gasteiger partial charge is 0.159 e. The van der Waals surface area contributed by atoms with Gasteiger partial charge in [-0.15, -0.1) is 21.8 Å². The molecule has 1 heterocycles. The number of hydrogen-bond donors (Lipinski definition) is 0. The van der Waals surface area contributed by atoms with Gasteiger partial charge in [-0.05, 0) is 17.7 Å². The fraction of sp³-hybridized carbons (Fsp3) is 0.200. The van der Waals surface area contributed by atoms with Crippen LogP contribution in [0.1, 0.15) is 15.6 Å². The summed E-state index contributed by atoms with van der Waals surface area (Å²) < 4.78 is 25.6. The van der Waals surface area contributed by atoms with Crippen LogP contribution in [0, 0.1) is 11.6 Å². The summed E-state index contributed by atoms with van der Waals surface area (Å²) in [6.45, 7) is 0. The first-order chi connectivity index (χ1) is 7.69. The molecule has 0 amide bonds. The van der Waals surface area contributed by atoms with Crippen LogP contribution in [0.15, 0.2) is 18.2 Å². The average molecular weight is 261 g/mol. The topological polar surface area (TPSA) is 25.8 Å². The van der Waals surface area contributed by atoms with Gasteiger partial charge in [0.05, 0.1) is 5.88 Å². The molecular formula is C10H7ClF2N2S. The minimum atomic E-state index is -0.848. The second-order valence-corrected chi connectivity index (χ2v) is 4.56. The van der Waals surface area contributed by atoms with Gasteiger partial charge in [0.15, 0.2) is 11.6 Å². The van der Waals surface area contributed by atoms with Crippen molar-refractivity contribution in [2.75, 3.05) is 0 Å². The maximum atomic E-state index is 12.9. The summed E-state index contributed by atoms with van der Waals surface area (Å²) in [4.78, 5) is 0. The molecule has 84 valence electrons. The molecule has 2 aromatic rings. The molecule has 0 atom stereocenters. The SMILES string of the molecule is Fc1ccc(Cc2nnc(CCl)s2)cc1F. The molecule has 1 aromatic heterocycles. The zero-order valence-electron chi connectivity index (χ0n) is 8.08. The Balaban J connectivity index is 2.17. The molecule has 6 heteroatoms. The fourth-order valence-corrected chi connectivity index (χ4v) is 2.18. The molecular weight excluding hydrogens is 254 g/mol. The number of rotatable bonds is 3. The third-order valence-electron chi connectivity index (χ3n) is 1.96. The summed E-state index contributed by atoms with van der Waals surface area (Å²) in [6.07, 6.45) is 0.436. The van der Waals surface area contributed by atoms with E-state index in [1.165, 1.54) is 17.4 Å². The van der Waals surface area contributed by atoms with Gasteiger partial charge in [-0.25, -0.2) is 8.78 Å². The van der Waals surface area contributed by atoms with Gasteiger partial charge in [0.2, 0.25) is 0 Å². The Labute approximate surface area is 99.9 Å². The lowest BCUT2D eigenvalue weighted by Gasteiger charge is -1.98. The van der Waals surface area contributed by atoms with E-state index in [0.717, 1.165) is 22.1 Å². The van der Waals surface area contributed by atoms with E-state index in [1.54, 1.807) is 0 Å². The molecule has 0 aliphatic heterocycles. The Morgan fingerprint density at radius 2 is 1.88 bits per heavy atom. The van der Waals surface area contributed by atoms with Gasteiger partial charge in [0.25, 0.3) is 0 Å². The Morgan fingerprint density at radius 1 is 1.12 bits per heavy atom. The molecule has 0 aliphatic rings. The molecule has 0 saturated carbocycles. The van der Waals surface area contributed by atoms with Gasteiger partial charge in [-0.2, -0.15) is 0 Å². The Bertz CT molecular complexity index is 501. The van der Waals surface area contributed by atoms with Crippen molar-refractivity contribution in [3.8, 4) is 0 Å². The standard InChI is InChI=1S/C10H7ClF2N2S/c11-5-10-15-14-9(16-10)4-6-1-2-7(12)8(13)3-6/h1-3H,4-5H2. The van der Waals surface area contributed by atoms with E-state index < -0.39 is 11.6 Å². The van der Waals surface area contributed by atoms with Crippen LogP contribution in [-0.2, 0) is 12.3 Å². The van der Waals surface area contributed by atoms with Crippen LogP contribution in [0.25, 0.3) is 0 Å². The highest BCUT2D eigenvalue weighted by molar-refractivity contribution is 7.11. The molecule has 16 heavy (non-hydrogen) atoms. The van der Waals surface area contributed by atoms with Crippen LogP contribution in [0.2, 0.25) is 0 Å². The monoisotopic (exact) mass is 260 g/mol. The Hall–Kier alpha value is -1.07. The number of alkyl halides is 1. The minimum Gasteiger partial charge on any atom is -0.204 e. The van der Waals surface area contributed by atoms with Crippen molar-refractivity contribution in [2.24, 2.45) is 0 Å². The summed E-state index contributed by atoms with van der Waals surface area (Å²) in [5.41, 5.74) is 0.663. The van der Waals surface area contributed by atoms with E-state index in [2.05, 4.69) is 10.2 Å². The van der Waals surface area contributed by atoms with E-state index in [0.29, 0.717) is 17.9 Å². The molecule has 0 unspecified atom stereocenters. The second kappa shape index (κ2) is 4.84. The maximum Gasteiger partial charge on any atom is 0.159 e. The van der Waals surface area contributed by atoms with Crippen molar-refractivity contribution in [3.05, 3.63) is 45.4 Å². The molecule has 1 aromatic carbocycles. The van der Waals surface area contributed by atoms with Crippen molar-refractivity contribution in [1.82, 2.24) is 10.2 Å². The minimum absolute atomic E-state index is 0.315. The maximum absolute atomic E-state index is 12.9. The quantitative estimate of drug-likeness (QED) is 0.793. The van der Waals surface area contributed by atoms with E-state index in [1.807, 2.05) is 0 Å². The number of aromatic nitrogens is 2. The summed E-state index contributed by atoms with van der Waals surface area (Å²) in [5, 5.41) is 9.20. The molecule has 2 nitrogen and oxygen atoms in total. The Kier molecular flexibility index (Phi) is 3.46. The molecule has 0 spiro atoms. The first-order valence-corrected chi connectivity index (χ1v) is 5.85. The predicted octanol–water partition coefficient (Wildman–Crippen LogP) is 3.15. The molecule has 0 saturated heterocycles. The van der Waals surface area contributed by atoms with Gasteiger partial charge in [-0.1, -0.05) is 17.4 Å². The van der Waals surface area contributed by atoms with Crippen molar-refractivity contribution in [1.29, 1.82) is 0 Å². The molecule has 0 bridgehead atoms.